The van der Waals surface area contributed by atoms with Crippen LogP contribution in [0.1, 0.15) is 27.7 Å². The van der Waals surface area contributed by atoms with Gasteiger partial charge in [-0.2, -0.15) is 0 Å². The number of rotatable bonds is 0. The van der Waals surface area contributed by atoms with Crippen molar-refractivity contribution in [3.63, 3.8) is 0 Å². The maximum Gasteiger partial charge on any atom is -0.0131 e. The molecule has 0 heterocycles. The Bertz CT molecular complexity index is 196. The highest BCUT2D eigenvalue weighted by Crippen LogP contribution is 2.39. The van der Waals surface area contributed by atoms with Gasteiger partial charge in [-0.25, -0.2) is 0 Å². The lowest BCUT2D eigenvalue weighted by atomic mass is 9.94. The zero-order chi connectivity index (χ0) is 7.89. The largest absolute Gasteiger partial charge is 0.0953 e. The lowest BCUT2D eigenvalue weighted by Crippen LogP contribution is -2.02. The normalized spacial score (nSPS) is 33.8. The standard InChI is InChI=1S/C10H16/c1-6-7(2)9(4)10(5)8(6)3/h7,9H,1H2,2-5H3/t7-,9+/m0/s1. The third-order valence-electron chi connectivity index (χ3n) is 3.06. The van der Waals surface area contributed by atoms with Crippen LogP contribution in [-0.4, -0.2) is 0 Å². The van der Waals surface area contributed by atoms with E-state index in [1.165, 1.54) is 16.7 Å². The summed E-state index contributed by atoms with van der Waals surface area (Å²) in [5, 5.41) is 0. The smallest absolute Gasteiger partial charge is 0.0131 e. The van der Waals surface area contributed by atoms with Gasteiger partial charge in [-0.05, 0) is 36.8 Å². The Hall–Kier alpha value is -0.520. The van der Waals surface area contributed by atoms with E-state index in [0.717, 1.165) is 0 Å². The van der Waals surface area contributed by atoms with Crippen molar-refractivity contribution < 1.29 is 0 Å². The summed E-state index contributed by atoms with van der Waals surface area (Å²) in [5.74, 6) is 1.38. The van der Waals surface area contributed by atoms with Crippen molar-refractivity contribution in [3.8, 4) is 0 Å². The summed E-state index contributed by atoms with van der Waals surface area (Å²) in [7, 11) is 0. The van der Waals surface area contributed by atoms with Gasteiger partial charge in [0, 0.05) is 0 Å². The predicted octanol–water partition coefficient (Wildman–Crippen LogP) is 3.16. The summed E-state index contributed by atoms with van der Waals surface area (Å²) in [4.78, 5) is 0. The average Bonchev–Trinajstić information content (AvgIpc) is 2.07. The Labute approximate surface area is 63.6 Å². The highest BCUT2D eigenvalue weighted by molar-refractivity contribution is 5.40. The molecular formula is C10H16. The predicted molar refractivity (Wildman–Crippen MR) is 45.8 cm³/mol. The van der Waals surface area contributed by atoms with Crippen molar-refractivity contribution in [2.24, 2.45) is 11.8 Å². The molecule has 0 aromatic carbocycles. The van der Waals surface area contributed by atoms with Crippen LogP contribution in [-0.2, 0) is 0 Å². The fraction of sp³-hybridized carbons (Fsp3) is 0.600. The second kappa shape index (κ2) is 2.26. The lowest BCUT2D eigenvalue weighted by Gasteiger charge is -2.11. The Morgan fingerprint density at radius 2 is 1.60 bits per heavy atom. The van der Waals surface area contributed by atoms with E-state index >= 15 is 0 Å². The van der Waals surface area contributed by atoms with E-state index in [9.17, 15) is 0 Å². The first-order valence-corrected chi connectivity index (χ1v) is 3.92. The molecule has 0 nitrogen and oxygen atoms in total. The zero-order valence-electron chi connectivity index (χ0n) is 7.36. The number of hydrogen-bond donors (Lipinski definition) is 0. The summed E-state index contributed by atoms with van der Waals surface area (Å²) >= 11 is 0. The summed E-state index contributed by atoms with van der Waals surface area (Å²) in [6.45, 7) is 13.0. The van der Waals surface area contributed by atoms with Crippen LogP contribution in [0.2, 0.25) is 0 Å². The summed E-state index contributed by atoms with van der Waals surface area (Å²) in [6, 6.07) is 0. The molecule has 0 amide bonds. The van der Waals surface area contributed by atoms with Crippen LogP contribution in [0.4, 0.5) is 0 Å². The molecule has 56 valence electrons. The Balaban J connectivity index is 2.99. The van der Waals surface area contributed by atoms with Crippen LogP contribution < -0.4 is 0 Å². The van der Waals surface area contributed by atoms with Crippen LogP contribution in [0.3, 0.4) is 0 Å². The molecule has 0 bridgehead atoms. The molecule has 2 atom stereocenters. The van der Waals surface area contributed by atoms with Gasteiger partial charge in [0.05, 0.1) is 0 Å². The topological polar surface area (TPSA) is 0 Å². The fourth-order valence-electron chi connectivity index (χ4n) is 1.61. The summed E-state index contributed by atoms with van der Waals surface area (Å²) in [6.07, 6.45) is 0. The first kappa shape index (κ1) is 7.59. The maximum absolute atomic E-state index is 4.06. The van der Waals surface area contributed by atoms with Gasteiger partial charge < -0.3 is 0 Å². The number of allylic oxidation sites excluding steroid dienone is 3. The molecule has 1 rings (SSSR count). The second-order valence-electron chi connectivity index (χ2n) is 3.41. The maximum atomic E-state index is 4.06. The van der Waals surface area contributed by atoms with Crippen LogP contribution in [0.25, 0.3) is 0 Å². The van der Waals surface area contributed by atoms with E-state index in [2.05, 4.69) is 34.3 Å². The zero-order valence-corrected chi connectivity index (χ0v) is 7.36. The van der Waals surface area contributed by atoms with Gasteiger partial charge >= 0.3 is 0 Å². The molecule has 0 N–H and O–H groups in total. The van der Waals surface area contributed by atoms with E-state index in [1.807, 2.05) is 0 Å². The first-order chi connectivity index (χ1) is 4.55. The van der Waals surface area contributed by atoms with Crippen LogP contribution in [0.5, 0.6) is 0 Å². The van der Waals surface area contributed by atoms with Gasteiger partial charge in [0.1, 0.15) is 0 Å². The summed E-state index contributed by atoms with van der Waals surface area (Å²) in [5.41, 5.74) is 4.29. The molecule has 0 aromatic heterocycles. The first-order valence-electron chi connectivity index (χ1n) is 3.92. The van der Waals surface area contributed by atoms with Crippen molar-refractivity contribution in [1.29, 1.82) is 0 Å². The van der Waals surface area contributed by atoms with E-state index in [0.29, 0.717) is 11.8 Å². The van der Waals surface area contributed by atoms with E-state index < -0.39 is 0 Å². The van der Waals surface area contributed by atoms with Crippen molar-refractivity contribution in [2.75, 3.05) is 0 Å². The molecule has 0 fully saturated rings. The van der Waals surface area contributed by atoms with Crippen molar-refractivity contribution in [2.45, 2.75) is 27.7 Å². The molecular weight excluding hydrogens is 120 g/mol. The van der Waals surface area contributed by atoms with E-state index in [-0.39, 0.29) is 0 Å². The molecule has 1 aliphatic carbocycles. The van der Waals surface area contributed by atoms with Crippen LogP contribution in [0, 0.1) is 11.8 Å². The average molecular weight is 136 g/mol. The SMILES string of the molecule is C=C1C(C)=C(C)[C@H](C)[C@H]1C. The molecule has 0 radical (unpaired) electrons. The summed E-state index contributed by atoms with van der Waals surface area (Å²) < 4.78 is 0. The minimum Gasteiger partial charge on any atom is -0.0953 e. The Kier molecular flexibility index (Phi) is 1.72. The van der Waals surface area contributed by atoms with Crippen LogP contribution >= 0.6 is 0 Å². The van der Waals surface area contributed by atoms with E-state index in [1.54, 1.807) is 0 Å². The molecule has 0 heteroatoms. The van der Waals surface area contributed by atoms with Crippen molar-refractivity contribution >= 4 is 0 Å². The lowest BCUT2D eigenvalue weighted by molar-refractivity contribution is 0.542. The van der Waals surface area contributed by atoms with E-state index in [4.69, 9.17) is 0 Å². The molecule has 0 saturated heterocycles. The highest BCUT2D eigenvalue weighted by atomic mass is 14.3. The van der Waals surface area contributed by atoms with Gasteiger partial charge in [-0.1, -0.05) is 26.0 Å². The fourth-order valence-corrected chi connectivity index (χ4v) is 1.61. The van der Waals surface area contributed by atoms with Gasteiger partial charge in [0.15, 0.2) is 0 Å². The molecule has 0 spiro atoms. The van der Waals surface area contributed by atoms with Gasteiger partial charge in [-0.15, -0.1) is 0 Å². The van der Waals surface area contributed by atoms with Gasteiger partial charge in [0.25, 0.3) is 0 Å². The molecule has 1 aliphatic rings. The third-order valence-corrected chi connectivity index (χ3v) is 3.06. The van der Waals surface area contributed by atoms with Crippen molar-refractivity contribution in [1.82, 2.24) is 0 Å². The highest BCUT2D eigenvalue weighted by Gasteiger charge is 2.26. The molecule has 10 heavy (non-hydrogen) atoms. The monoisotopic (exact) mass is 136 g/mol. The Morgan fingerprint density at radius 3 is 1.70 bits per heavy atom. The molecule has 0 unspecified atom stereocenters. The number of hydrogen-bond acceptors (Lipinski definition) is 0. The molecule has 0 saturated carbocycles. The molecule has 0 aromatic rings. The Morgan fingerprint density at radius 1 is 1.10 bits per heavy atom. The molecule has 0 aliphatic heterocycles. The van der Waals surface area contributed by atoms with Gasteiger partial charge in [-0.3, -0.25) is 0 Å². The quantitative estimate of drug-likeness (QED) is 0.480. The van der Waals surface area contributed by atoms with Crippen LogP contribution in [0.15, 0.2) is 23.3 Å². The third kappa shape index (κ3) is 0.828. The second-order valence-corrected chi connectivity index (χ2v) is 3.41. The van der Waals surface area contributed by atoms with Crippen molar-refractivity contribution in [3.05, 3.63) is 23.3 Å². The van der Waals surface area contributed by atoms with Gasteiger partial charge in [0.2, 0.25) is 0 Å². The minimum absolute atomic E-state index is 0.667. The minimum atomic E-state index is 0.667.